The van der Waals surface area contributed by atoms with E-state index in [0.29, 0.717) is 16.8 Å². The summed E-state index contributed by atoms with van der Waals surface area (Å²) < 4.78 is 0. The second-order valence-corrected chi connectivity index (χ2v) is 5.42. The van der Waals surface area contributed by atoms with Gasteiger partial charge in [-0.15, -0.1) is 0 Å². The second kappa shape index (κ2) is 5.74. The normalized spacial score (nSPS) is 12.1. The van der Waals surface area contributed by atoms with E-state index < -0.39 is 4.92 Å². The van der Waals surface area contributed by atoms with Crippen LogP contribution in [0.15, 0.2) is 35.5 Å². The van der Waals surface area contributed by atoms with Crippen LogP contribution in [-0.4, -0.2) is 14.9 Å². The number of nitrogens with two attached hydrogens (primary N) is 2. The molecule has 8 heteroatoms. The third-order valence-electron chi connectivity index (χ3n) is 2.58. The Balaban J connectivity index is 2.21. The van der Waals surface area contributed by atoms with Crippen molar-refractivity contribution in [3.8, 4) is 0 Å². The monoisotopic (exact) mass is 291 g/mol. The molecule has 0 radical (unpaired) electrons. The lowest BCUT2D eigenvalue weighted by Crippen LogP contribution is -2.00. The Morgan fingerprint density at radius 1 is 1.25 bits per heavy atom. The maximum Gasteiger partial charge on any atom is 0.269 e. The number of nitrogens with zero attached hydrogens (tertiary/aromatic N) is 3. The average Bonchev–Trinajstić information content (AvgIpc) is 2.37. The first-order valence-corrected chi connectivity index (χ1v) is 6.64. The largest absolute Gasteiger partial charge is 0.383 e. The van der Waals surface area contributed by atoms with Crippen LogP contribution in [0.5, 0.6) is 0 Å². The van der Waals surface area contributed by atoms with Gasteiger partial charge in [0.15, 0.2) is 5.16 Å². The van der Waals surface area contributed by atoms with Crippen molar-refractivity contribution in [1.29, 1.82) is 0 Å². The van der Waals surface area contributed by atoms with E-state index in [1.54, 1.807) is 6.07 Å². The Labute approximate surface area is 119 Å². The zero-order valence-electron chi connectivity index (χ0n) is 10.7. The number of benzene rings is 1. The van der Waals surface area contributed by atoms with Crippen LogP contribution in [-0.2, 0) is 0 Å². The molecule has 0 spiro atoms. The fraction of sp³-hybridized carbons (Fsp3) is 0.167. The van der Waals surface area contributed by atoms with Gasteiger partial charge in [0.1, 0.15) is 11.6 Å². The molecule has 1 unspecified atom stereocenters. The lowest BCUT2D eigenvalue weighted by atomic mass is 10.1. The fourth-order valence-electron chi connectivity index (χ4n) is 1.63. The standard InChI is InChI=1S/C12H13N5O2S/c1-7(8-3-2-4-9(5-8)17(18)19)20-12-15-10(13)6-11(14)16-12/h2-7H,1H3,(H4,13,14,15,16). The highest BCUT2D eigenvalue weighted by atomic mass is 32.2. The van der Waals surface area contributed by atoms with Crippen molar-refractivity contribution < 1.29 is 4.92 Å². The second-order valence-electron chi connectivity index (χ2n) is 4.11. The molecule has 20 heavy (non-hydrogen) atoms. The van der Waals surface area contributed by atoms with Gasteiger partial charge in [0, 0.05) is 23.4 Å². The molecule has 0 aliphatic heterocycles. The molecule has 0 saturated carbocycles. The molecule has 0 saturated heterocycles. The van der Waals surface area contributed by atoms with Gasteiger partial charge in [-0.1, -0.05) is 23.9 Å². The summed E-state index contributed by atoms with van der Waals surface area (Å²) >= 11 is 1.34. The van der Waals surface area contributed by atoms with Gasteiger partial charge in [0.05, 0.1) is 4.92 Å². The maximum atomic E-state index is 10.8. The molecule has 0 aliphatic carbocycles. The first kappa shape index (κ1) is 14.1. The topological polar surface area (TPSA) is 121 Å². The first-order chi connectivity index (χ1) is 9.45. The summed E-state index contributed by atoms with van der Waals surface area (Å²) in [5, 5.41) is 11.2. The summed E-state index contributed by atoms with van der Waals surface area (Å²) in [7, 11) is 0. The molecule has 104 valence electrons. The van der Waals surface area contributed by atoms with Crippen LogP contribution in [0, 0.1) is 10.1 Å². The van der Waals surface area contributed by atoms with Crippen LogP contribution in [0.3, 0.4) is 0 Å². The van der Waals surface area contributed by atoms with Crippen LogP contribution in [0.2, 0.25) is 0 Å². The minimum absolute atomic E-state index is 0.0583. The van der Waals surface area contributed by atoms with E-state index in [-0.39, 0.29) is 10.9 Å². The molecule has 4 N–H and O–H groups in total. The van der Waals surface area contributed by atoms with Crippen LogP contribution < -0.4 is 11.5 Å². The fourth-order valence-corrected chi connectivity index (χ4v) is 2.55. The number of hydrogen-bond donors (Lipinski definition) is 2. The van der Waals surface area contributed by atoms with E-state index in [2.05, 4.69) is 9.97 Å². The van der Waals surface area contributed by atoms with Gasteiger partial charge in [-0.05, 0) is 12.5 Å². The lowest BCUT2D eigenvalue weighted by molar-refractivity contribution is -0.384. The van der Waals surface area contributed by atoms with Crippen molar-refractivity contribution in [2.24, 2.45) is 0 Å². The number of nitro benzene ring substituents is 1. The van der Waals surface area contributed by atoms with Crippen molar-refractivity contribution in [2.45, 2.75) is 17.3 Å². The smallest absolute Gasteiger partial charge is 0.269 e. The summed E-state index contributed by atoms with van der Waals surface area (Å²) in [5.41, 5.74) is 12.1. The zero-order chi connectivity index (χ0) is 14.7. The number of thioether (sulfide) groups is 1. The molecule has 7 nitrogen and oxygen atoms in total. The molecule has 1 aromatic heterocycles. The van der Waals surface area contributed by atoms with Crippen LogP contribution in [0.4, 0.5) is 17.3 Å². The number of non-ortho nitro benzene ring substituents is 1. The number of anilines is 2. The third-order valence-corrected chi connectivity index (χ3v) is 3.60. The predicted octanol–water partition coefficient (Wildman–Crippen LogP) is 2.40. The van der Waals surface area contributed by atoms with Gasteiger partial charge in [-0.3, -0.25) is 10.1 Å². The van der Waals surface area contributed by atoms with E-state index >= 15 is 0 Å². The summed E-state index contributed by atoms with van der Waals surface area (Å²) in [6.45, 7) is 1.91. The zero-order valence-corrected chi connectivity index (χ0v) is 11.5. The molecule has 2 rings (SSSR count). The van der Waals surface area contributed by atoms with E-state index in [4.69, 9.17) is 11.5 Å². The molecule has 1 aromatic carbocycles. The maximum absolute atomic E-state index is 10.8. The average molecular weight is 291 g/mol. The van der Waals surface area contributed by atoms with Crippen LogP contribution >= 0.6 is 11.8 Å². The summed E-state index contributed by atoms with van der Waals surface area (Å²) in [6.07, 6.45) is 0. The highest BCUT2D eigenvalue weighted by Crippen LogP contribution is 2.34. The number of nitrogen functional groups attached to an aromatic ring is 2. The molecule has 2 aromatic rings. The van der Waals surface area contributed by atoms with E-state index in [1.165, 1.54) is 30.0 Å². The third kappa shape index (κ3) is 3.35. The molecule has 0 fully saturated rings. The number of aromatic nitrogens is 2. The Hall–Kier alpha value is -2.35. The van der Waals surface area contributed by atoms with Crippen molar-refractivity contribution in [1.82, 2.24) is 9.97 Å². The van der Waals surface area contributed by atoms with E-state index in [9.17, 15) is 10.1 Å². The van der Waals surface area contributed by atoms with Crippen LogP contribution in [0.25, 0.3) is 0 Å². The Morgan fingerprint density at radius 2 is 1.90 bits per heavy atom. The highest BCUT2D eigenvalue weighted by Gasteiger charge is 2.14. The number of nitro groups is 1. The Kier molecular flexibility index (Phi) is 4.04. The lowest BCUT2D eigenvalue weighted by Gasteiger charge is -2.10. The van der Waals surface area contributed by atoms with Gasteiger partial charge >= 0.3 is 0 Å². The molecule has 0 aliphatic rings. The molecular weight excluding hydrogens is 278 g/mol. The summed E-state index contributed by atoms with van der Waals surface area (Å²) in [5.74, 6) is 0.595. The highest BCUT2D eigenvalue weighted by molar-refractivity contribution is 7.99. The van der Waals surface area contributed by atoms with Gasteiger partial charge < -0.3 is 11.5 Å². The predicted molar refractivity (Wildman–Crippen MR) is 78.2 cm³/mol. The Bertz CT molecular complexity index is 629. The molecule has 0 bridgehead atoms. The van der Waals surface area contributed by atoms with Gasteiger partial charge in [-0.2, -0.15) is 0 Å². The number of hydrogen-bond acceptors (Lipinski definition) is 7. The number of rotatable bonds is 4. The minimum atomic E-state index is -0.421. The van der Waals surface area contributed by atoms with E-state index in [0.717, 1.165) is 5.56 Å². The summed E-state index contributed by atoms with van der Waals surface area (Å²) in [4.78, 5) is 18.5. The quantitative estimate of drug-likeness (QED) is 0.384. The minimum Gasteiger partial charge on any atom is -0.383 e. The molecule has 1 atom stereocenters. The molecular formula is C12H13N5O2S. The van der Waals surface area contributed by atoms with Crippen LogP contribution in [0.1, 0.15) is 17.7 Å². The van der Waals surface area contributed by atoms with Crippen molar-refractivity contribution in [2.75, 3.05) is 11.5 Å². The Morgan fingerprint density at radius 3 is 2.50 bits per heavy atom. The summed E-state index contributed by atoms with van der Waals surface area (Å²) in [6, 6.07) is 7.94. The SMILES string of the molecule is CC(Sc1nc(N)cc(N)n1)c1cccc([N+](=O)[O-])c1. The van der Waals surface area contributed by atoms with Crippen molar-refractivity contribution in [3.05, 3.63) is 46.0 Å². The van der Waals surface area contributed by atoms with Gasteiger partial charge in [0.2, 0.25) is 0 Å². The van der Waals surface area contributed by atoms with E-state index in [1.807, 2.05) is 13.0 Å². The first-order valence-electron chi connectivity index (χ1n) is 5.77. The molecule has 1 heterocycles. The van der Waals surface area contributed by atoms with Gasteiger partial charge in [-0.25, -0.2) is 9.97 Å². The van der Waals surface area contributed by atoms with Crippen molar-refractivity contribution >= 4 is 29.1 Å². The van der Waals surface area contributed by atoms with Crippen molar-refractivity contribution in [3.63, 3.8) is 0 Å². The molecule has 0 amide bonds. The van der Waals surface area contributed by atoms with Gasteiger partial charge in [0.25, 0.3) is 5.69 Å².